The fourth-order valence-electron chi connectivity index (χ4n) is 2.59. The molecule has 1 N–H and O–H groups in total. The summed E-state index contributed by atoms with van der Waals surface area (Å²) >= 11 is 0. The molecule has 1 amide bonds. The van der Waals surface area contributed by atoms with Crippen LogP contribution in [0.25, 0.3) is 0 Å². The van der Waals surface area contributed by atoms with Crippen molar-refractivity contribution in [2.24, 2.45) is 0 Å². The summed E-state index contributed by atoms with van der Waals surface area (Å²) in [6, 6.07) is 3.56. The predicted molar refractivity (Wildman–Crippen MR) is 70.6 cm³/mol. The Morgan fingerprint density at radius 1 is 1.28 bits per heavy atom. The van der Waals surface area contributed by atoms with Crippen LogP contribution >= 0.6 is 0 Å². The zero-order valence-electron chi connectivity index (χ0n) is 10.8. The van der Waals surface area contributed by atoms with Crippen molar-refractivity contribution in [3.8, 4) is 0 Å². The van der Waals surface area contributed by atoms with Crippen LogP contribution < -0.4 is 5.56 Å². The Balaban J connectivity index is 2.13. The highest BCUT2D eigenvalue weighted by Gasteiger charge is 2.23. The number of H-pyrrole nitrogens is 1. The minimum Gasteiger partial charge on any atom is -0.339 e. The molecule has 0 unspecified atom stereocenters. The Labute approximate surface area is 107 Å². The van der Waals surface area contributed by atoms with Gasteiger partial charge in [0.15, 0.2) is 0 Å². The van der Waals surface area contributed by atoms with Gasteiger partial charge in [-0.1, -0.05) is 25.7 Å². The SMILES string of the molecule is CN(C(=O)c1ccc[nH]c1=O)C1CCCCCC1. The molecule has 4 heteroatoms. The molecule has 0 spiro atoms. The van der Waals surface area contributed by atoms with E-state index in [-0.39, 0.29) is 23.1 Å². The lowest BCUT2D eigenvalue weighted by Gasteiger charge is -2.27. The molecule has 18 heavy (non-hydrogen) atoms. The quantitative estimate of drug-likeness (QED) is 0.815. The molecule has 98 valence electrons. The molecule has 0 bridgehead atoms. The molecule has 1 heterocycles. The molecule has 0 aliphatic heterocycles. The van der Waals surface area contributed by atoms with Crippen molar-refractivity contribution in [2.45, 2.75) is 44.6 Å². The Morgan fingerprint density at radius 2 is 1.94 bits per heavy atom. The molecule has 0 atom stereocenters. The molecule has 0 saturated heterocycles. The number of hydrogen-bond acceptors (Lipinski definition) is 2. The number of nitrogens with one attached hydrogen (secondary N) is 1. The topological polar surface area (TPSA) is 53.2 Å². The van der Waals surface area contributed by atoms with E-state index in [0.717, 1.165) is 12.8 Å². The maximum Gasteiger partial charge on any atom is 0.260 e. The molecule has 0 aromatic carbocycles. The lowest BCUT2D eigenvalue weighted by Crippen LogP contribution is -2.39. The van der Waals surface area contributed by atoms with E-state index in [9.17, 15) is 9.59 Å². The summed E-state index contributed by atoms with van der Waals surface area (Å²) in [5.41, 5.74) is -0.0628. The number of aromatic nitrogens is 1. The van der Waals surface area contributed by atoms with Gasteiger partial charge in [-0.2, -0.15) is 0 Å². The number of rotatable bonds is 2. The lowest BCUT2D eigenvalue weighted by atomic mass is 10.1. The minimum atomic E-state index is -0.303. The van der Waals surface area contributed by atoms with Crippen molar-refractivity contribution in [3.05, 3.63) is 34.2 Å². The summed E-state index contributed by atoms with van der Waals surface area (Å²) in [6.07, 6.45) is 8.50. The van der Waals surface area contributed by atoms with E-state index in [2.05, 4.69) is 4.98 Å². The van der Waals surface area contributed by atoms with Crippen molar-refractivity contribution in [2.75, 3.05) is 7.05 Å². The van der Waals surface area contributed by atoms with Crippen molar-refractivity contribution in [1.29, 1.82) is 0 Å². The first kappa shape index (κ1) is 12.9. The molecule has 2 rings (SSSR count). The van der Waals surface area contributed by atoms with Gasteiger partial charge in [0.05, 0.1) is 0 Å². The maximum absolute atomic E-state index is 12.3. The van der Waals surface area contributed by atoms with Gasteiger partial charge in [0.25, 0.3) is 11.5 Å². The monoisotopic (exact) mass is 248 g/mol. The van der Waals surface area contributed by atoms with Gasteiger partial charge in [-0.15, -0.1) is 0 Å². The fraction of sp³-hybridized carbons (Fsp3) is 0.571. The van der Waals surface area contributed by atoms with Crippen molar-refractivity contribution >= 4 is 5.91 Å². The Bertz CT molecular complexity index is 459. The van der Waals surface area contributed by atoms with E-state index in [0.29, 0.717) is 0 Å². The third-order valence-electron chi connectivity index (χ3n) is 3.74. The lowest BCUT2D eigenvalue weighted by molar-refractivity contribution is 0.0716. The van der Waals surface area contributed by atoms with Gasteiger partial charge in [-0.25, -0.2) is 0 Å². The molecule has 1 aliphatic carbocycles. The number of amides is 1. The van der Waals surface area contributed by atoms with Gasteiger partial charge in [0.1, 0.15) is 5.56 Å². The fourth-order valence-corrected chi connectivity index (χ4v) is 2.59. The number of pyridine rings is 1. The molecule has 1 aromatic heterocycles. The van der Waals surface area contributed by atoms with Crippen LogP contribution in [0.1, 0.15) is 48.9 Å². The second-order valence-electron chi connectivity index (χ2n) is 4.97. The van der Waals surface area contributed by atoms with E-state index in [1.54, 1.807) is 23.2 Å². The first-order valence-electron chi connectivity index (χ1n) is 6.65. The zero-order valence-corrected chi connectivity index (χ0v) is 10.8. The van der Waals surface area contributed by atoms with Crippen molar-refractivity contribution in [3.63, 3.8) is 0 Å². The Kier molecular flexibility index (Phi) is 4.18. The van der Waals surface area contributed by atoms with Crippen LogP contribution in [0.4, 0.5) is 0 Å². The van der Waals surface area contributed by atoms with Crippen LogP contribution in [0, 0.1) is 0 Å². The molecule has 1 aliphatic rings. The van der Waals surface area contributed by atoms with Crippen LogP contribution in [0.5, 0.6) is 0 Å². The summed E-state index contributed by atoms with van der Waals surface area (Å²) in [5, 5.41) is 0. The number of carbonyl (C=O) groups is 1. The van der Waals surface area contributed by atoms with E-state index in [1.165, 1.54) is 25.7 Å². The normalized spacial score (nSPS) is 17.2. The molecule has 0 radical (unpaired) electrons. The number of hydrogen-bond donors (Lipinski definition) is 1. The third kappa shape index (κ3) is 2.81. The smallest absolute Gasteiger partial charge is 0.260 e. The van der Waals surface area contributed by atoms with E-state index in [4.69, 9.17) is 0 Å². The molecular formula is C14H20N2O2. The third-order valence-corrected chi connectivity index (χ3v) is 3.74. The summed E-state index contributed by atoms with van der Waals surface area (Å²) in [6.45, 7) is 0. The number of carbonyl (C=O) groups excluding carboxylic acids is 1. The highest BCUT2D eigenvalue weighted by molar-refractivity contribution is 5.93. The highest BCUT2D eigenvalue weighted by Crippen LogP contribution is 2.21. The number of nitrogens with zero attached hydrogens (tertiary/aromatic N) is 1. The van der Waals surface area contributed by atoms with Crippen molar-refractivity contribution < 1.29 is 4.79 Å². The first-order chi connectivity index (χ1) is 8.70. The van der Waals surface area contributed by atoms with Gasteiger partial charge in [0, 0.05) is 19.3 Å². The molecule has 1 fully saturated rings. The van der Waals surface area contributed by atoms with Crippen LogP contribution in [0.2, 0.25) is 0 Å². The van der Waals surface area contributed by atoms with E-state index in [1.807, 2.05) is 7.05 Å². The zero-order chi connectivity index (χ0) is 13.0. The molecule has 1 saturated carbocycles. The summed E-state index contributed by atoms with van der Waals surface area (Å²) in [7, 11) is 1.81. The minimum absolute atomic E-state index is 0.163. The van der Waals surface area contributed by atoms with Gasteiger partial charge in [-0.05, 0) is 25.0 Å². The summed E-state index contributed by atoms with van der Waals surface area (Å²) in [5.74, 6) is -0.163. The van der Waals surface area contributed by atoms with Gasteiger partial charge >= 0.3 is 0 Å². The van der Waals surface area contributed by atoms with Crippen LogP contribution in [-0.4, -0.2) is 28.9 Å². The second kappa shape index (κ2) is 5.85. The Morgan fingerprint density at radius 3 is 2.56 bits per heavy atom. The molecule has 1 aromatic rings. The second-order valence-corrected chi connectivity index (χ2v) is 4.97. The van der Waals surface area contributed by atoms with E-state index < -0.39 is 0 Å². The Hall–Kier alpha value is -1.58. The number of aromatic amines is 1. The highest BCUT2D eigenvalue weighted by atomic mass is 16.2. The van der Waals surface area contributed by atoms with Gasteiger partial charge in [0.2, 0.25) is 0 Å². The molecule has 4 nitrogen and oxygen atoms in total. The predicted octanol–water partition coefficient (Wildman–Crippen LogP) is 2.17. The first-order valence-corrected chi connectivity index (χ1v) is 6.65. The summed E-state index contributed by atoms with van der Waals surface area (Å²) in [4.78, 5) is 28.2. The van der Waals surface area contributed by atoms with E-state index >= 15 is 0 Å². The summed E-state index contributed by atoms with van der Waals surface area (Å²) < 4.78 is 0. The van der Waals surface area contributed by atoms with Gasteiger partial charge < -0.3 is 9.88 Å². The maximum atomic E-state index is 12.3. The van der Waals surface area contributed by atoms with Crippen LogP contribution in [-0.2, 0) is 0 Å². The largest absolute Gasteiger partial charge is 0.339 e. The van der Waals surface area contributed by atoms with Crippen LogP contribution in [0.3, 0.4) is 0 Å². The average Bonchev–Trinajstić information content (AvgIpc) is 2.66. The molecular weight excluding hydrogens is 228 g/mol. The van der Waals surface area contributed by atoms with Gasteiger partial charge in [-0.3, -0.25) is 9.59 Å². The standard InChI is InChI=1S/C14H20N2O2/c1-16(11-7-4-2-3-5-8-11)14(18)12-9-6-10-15-13(12)17/h6,9-11H,2-5,7-8H2,1H3,(H,15,17). The van der Waals surface area contributed by atoms with Crippen LogP contribution in [0.15, 0.2) is 23.1 Å². The van der Waals surface area contributed by atoms with Crippen molar-refractivity contribution in [1.82, 2.24) is 9.88 Å². The average molecular weight is 248 g/mol.